The van der Waals surface area contributed by atoms with Crippen LogP contribution in [-0.4, -0.2) is 16.6 Å². The maximum absolute atomic E-state index is 13.8. The molecule has 0 saturated carbocycles. The Morgan fingerprint density at radius 1 is 1.32 bits per heavy atom. The molecule has 2 rings (SSSR count). The van der Waals surface area contributed by atoms with Crippen molar-refractivity contribution >= 4 is 5.82 Å². The Balaban J connectivity index is 2.17. The van der Waals surface area contributed by atoms with Crippen molar-refractivity contribution in [3.05, 3.63) is 58.8 Å². The highest BCUT2D eigenvalue weighted by molar-refractivity contribution is 5.43. The Labute approximate surface area is 127 Å². The molecule has 1 aromatic carbocycles. The molecular formula is C16H15F2N3O. The van der Waals surface area contributed by atoms with Gasteiger partial charge in [0.15, 0.2) is 0 Å². The van der Waals surface area contributed by atoms with Gasteiger partial charge in [0.2, 0.25) is 0 Å². The molecule has 1 aromatic heterocycles. The normalized spacial score (nSPS) is 13.3. The van der Waals surface area contributed by atoms with Crippen LogP contribution in [0.5, 0.6) is 0 Å². The minimum Gasteiger partial charge on any atom is -0.383 e. The van der Waals surface area contributed by atoms with Crippen molar-refractivity contribution in [2.45, 2.75) is 19.4 Å². The fourth-order valence-electron chi connectivity index (χ4n) is 2.02. The number of aromatic nitrogens is 1. The number of nitriles is 1. The molecule has 0 spiro atoms. The minimum absolute atomic E-state index is 0.0194. The van der Waals surface area contributed by atoms with Gasteiger partial charge < -0.3 is 10.4 Å². The van der Waals surface area contributed by atoms with E-state index in [1.54, 1.807) is 19.1 Å². The van der Waals surface area contributed by atoms with Crippen LogP contribution in [0.3, 0.4) is 0 Å². The molecule has 0 aliphatic rings. The van der Waals surface area contributed by atoms with Gasteiger partial charge in [0.1, 0.15) is 34.8 Å². The van der Waals surface area contributed by atoms with Gasteiger partial charge in [-0.15, -0.1) is 0 Å². The quantitative estimate of drug-likeness (QED) is 0.911. The molecule has 1 heterocycles. The van der Waals surface area contributed by atoms with Gasteiger partial charge in [-0.25, -0.2) is 13.8 Å². The summed E-state index contributed by atoms with van der Waals surface area (Å²) < 4.78 is 26.7. The molecule has 6 heteroatoms. The number of aryl methyl sites for hydroxylation is 1. The Kier molecular flexibility index (Phi) is 4.38. The molecule has 0 radical (unpaired) electrons. The highest BCUT2D eigenvalue weighted by Gasteiger charge is 2.26. The van der Waals surface area contributed by atoms with E-state index in [1.165, 1.54) is 13.0 Å². The van der Waals surface area contributed by atoms with Gasteiger partial charge in [-0.3, -0.25) is 0 Å². The summed E-state index contributed by atoms with van der Waals surface area (Å²) in [5.74, 6) is -1.13. The lowest BCUT2D eigenvalue weighted by Gasteiger charge is -2.25. The van der Waals surface area contributed by atoms with E-state index in [1.807, 2.05) is 6.07 Å². The molecule has 0 aliphatic heterocycles. The smallest absolute Gasteiger partial charge is 0.145 e. The number of anilines is 1. The largest absolute Gasteiger partial charge is 0.383 e. The second-order valence-electron chi connectivity index (χ2n) is 5.23. The zero-order valence-corrected chi connectivity index (χ0v) is 12.2. The number of benzene rings is 1. The van der Waals surface area contributed by atoms with Crippen molar-refractivity contribution in [1.82, 2.24) is 4.98 Å². The van der Waals surface area contributed by atoms with Crippen LogP contribution in [0.1, 0.15) is 23.7 Å². The lowest BCUT2D eigenvalue weighted by atomic mass is 9.95. The Bertz CT molecular complexity index is 739. The molecular weight excluding hydrogens is 288 g/mol. The summed E-state index contributed by atoms with van der Waals surface area (Å²) in [4.78, 5) is 4.09. The van der Waals surface area contributed by atoms with E-state index in [2.05, 4.69) is 10.3 Å². The van der Waals surface area contributed by atoms with Crippen LogP contribution in [-0.2, 0) is 5.60 Å². The van der Waals surface area contributed by atoms with Crippen LogP contribution in [0.2, 0.25) is 0 Å². The van der Waals surface area contributed by atoms with E-state index in [0.29, 0.717) is 5.82 Å². The maximum Gasteiger partial charge on any atom is 0.145 e. The van der Waals surface area contributed by atoms with Gasteiger partial charge in [-0.1, -0.05) is 12.1 Å². The van der Waals surface area contributed by atoms with Gasteiger partial charge in [0.05, 0.1) is 0 Å². The van der Waals surface area contributed by atoms with Gasteiger partial charge >= 0.3 is 0 Å². The maximum atomic E-state index is 13.8. The summed E-state index contributed by atoms with van der Waals surface area (Å²) in [5.41, 5.74) is -0.562. The van der Waals surface area contributed by atoms with Crippen molar-refractivity contribution < 1.29 is 13.9 Å². The van der Waals surface area contributed by atoms with Crippen LogP contribution < -0.4 is 5.32 Å². The lowest BCUT2D eigenvalue weighted by Crippen LogP contribution is -2.32. The molecule has 22 heavy (non-hydrogen) atoms. The van der Waals surface area contributed by atoms with Crippen LogP contribution in [0.15, 0.2) is 30.3 Å². The Morgan fingerprint density at radius 3 is 2.68 bits per heavy atom. The number of pyridine rings is 1. The molecule has 0 amide bonds. The summed E-state index contributed by atoms with van der Waals surface area (Å²) in [6, 6.07) is 8.36. The fraction of sp³-hybridized carbons (Fsp3) is 0.250. The molecule has 0 bridgehead atoms. The van der Waals surface area contributed by atoms with E-state index < -0.39 is 17.2 Å². The number of nitrogens with one attached hydrogen (secondary N) is 1. The Morgan fingerprint density at radius 2 is 2.05 bits per heavy atom. The van der Waals surface area contributed by atoms with Crippen molar-refractivity contribution in [1.29, 1.82) is 5.26 Å². The highest BCUT2D eigenvalue weighted by Crippen LogP contribution is 2.24. The van der Waals surface area contributed by atoms with E-state index in [9.17, 15) is 13.9 Å². The van der Waals surface area contributed by atoms with E-state index >= 15 is 0 Å². The SMILES string of the molecule is Cc1ccc(NCC(C)(O)c2ccc(F)cc2F)nc1C#N. The molecule has 0 fully saturated rings. The second-order valence-corrected chi connectivity index (χ2v) is 5.23. The van der Waals surface area contributed by atoms with Crippen LogP contribution >= 0.6 is 0 Å². The number of rotatable bonds is 4. The van der Waals surface area contributed by atoms with E-state index in [0.717, 1.165) is 17.7 Å². The van der Waals surface area contributed by atoms with Gasteiger partial charge in [0, 0.05) is 18.2 Å². The van der Waals surface area contributed by atoms with E-state index in [4.69, 9.17) is 5.26 Å². The zero-order valence-electron chi connectivity index (χ0n) is 12.2. The molecule has 0 saturated heterocycles. The summed E-state index contributed by atoms with van der Waals surface area (Å²) in [6.07, 6.45) is 0. The lowest BCUT2D eigenvalue weighted by molar-refractivity contribution is 0.0674. The molecule has 1 atom stereocenters. The summed E-state index contributed by atoms with van der Waals surface area (Å²) >= 11 is 0. The van der Waals surface area contributed by atoms with Gasteiger partial charge in [-0.2, -0.15) is 5.26 Å². The number of hydrogen-bond acceptors (Lipinski definition) is 4. The Hall–Kier alpha value is -2.52. The average molecular weight is 303 g/mol. The van der Waals surface area contributed by atoms with Crippen molar-refractivity contribution in [2.75, 3.05) is 11.9 Å². The second kappa shape index (κ2) is 6.08. The average Bonchev–Trinajstić information content (AvgIpc) is 2.46. The highest BCUT2D eigenvalue weighted by atomic mass is 19.1. The molecule has 2 aromatic rings. The summed E-state index contributed by atoms with van der Waals surface area (Å²) in [5, 5.41) is 22.2. The number of aliphatic hydroxyl groups is 1. The topological polar surface area (TPSA) is 68.9 Å². The molecule has 114 valence electrons. The van der Waals surface area contributed by atoms with Gasteiger partial charge in [0.25, 0.3) is 0 Å². The third-order valence-corrected chi connectivity index (χ3v) is 3.33. The molecule has 1 unspecified atom stereocenters. The third-order valence-electron chi connectivity index (χ3n) is 3.33. The number of halogens is 2. The number of hydrogen-bond donors (Lipinski definition) is 2. The van der Waals surface area contributed by atoms with Crippen LogP contribution in [0.4, 0.5) is 14.6 Å². The minimum atomic E-state index is -1.56. The van der Waals surface area contributed by atoms with Crippen LogP contribution in [0.25, 0.3) is 0 Å². The predicted octanol–water partition coefficient (Wildman–Crippen LogP) is 2.86. The van der Waals surface area contributed by atoms with Crippen molar-refractivity contribution in [3.63, 3.8) is 0 Å². The molecule has 4 nitrogen and oxygen atoms in total. The standard InChI is InChI=1S/C16H15F2N3O/c1-10-3-6-15(21-14(10)8-19)20-9-16(2,22)12-5-4-11(17)7-13(12)18/h3-7,22H,9H2,1-2H3,(H,20,21). The van der Waals surface area contributed by atoms with Crippen molar-refractivity contribution in [3.8, 4) is 6.07 Å². The first-order valence-corrected chi connectivity index (χ1v) is 6.63. The van der Waals surface area contributed by atoms with E-state index in [-0.39, 0.29) is 17.8 Å². The first-order chi connectivity index (χ1) is 10.3. The first-order valence-electron chi connectivity index (χ1n) is 6.63. The summed E-state index contributed by atoms with van der Waals surface area (Å²) in [7, 11) is 0. The molecule has 0 aliphatic carbocycles. The monoisotopic (exact) mass is 303 g/mol. The van der Waals surface area contributed by atoms with Crippen LogP contribution in [0, 0.1) is 29.9 Å². The molecule has 2 N–H and O–H groups in total. The first kappa shape index (κ1) is 15.9. The third kappa shape index (κ3) is 3.38. The zero-order chi connectivity index (χ0) is 16.3. The van der Waals surface area contributed by atoms with Gasteiger partial charge in [-0.05, 0) is 31.5 Å². The summed E-state index contributed by atoms with van der Waals surface area (Å²) in [6.45, 7) is 3.13. The van der Waals surface area contributed by atoms with Crippen molar-refractivity contribution in [2.24, 2.45) is 0 Å². The fourth-order valence-corrected chi connectivity index (χ4v) is 2.02. The predicted molar refractivity (Wildman–Crippen MR) is 78.1 cm³/mol. The number of nitrogens with zero attached hydrogens (tertiary/aromatic N) is 2.